The molecule has 19 N–H and O–H groups in total. The molecule has 0 aromatic rings. The van der Waals surface area contributed by atoms with Crippen LogP contribution in [0.15, 0.2) is 12.2 Å². The largest absolute Gasteiger partial charge is 0.480 e. The number of carbonyl (C=O) groups is 6. The average Bonchev–Trinajstić information content (AvgIpc) is 3.60. The Hall–Kier alpha value is -4.67. The number of hydrogen-bond acceptors (Lipinski definition) is 12. The maximum atomic E-state index is 13.5. The summed E-state index contributed by atoms with van der Waals surface area (Å²) in [6.45, 7) is 1.00. The number of nitrogens with one attached hydrogen (secondary N) is 8. The first-order valence-electron chi connectivity index (χ1n) is 17.5. The van der Waals surface area contributed by atoms with Gasteiger partial charge in [0.1, 0.15) is 24.2 Å². The van der Waals surface area contributed by atoms with Crippen LogP contribution < -0.4 is 60.6 Å². The number of unbranched alkanes of at least 4 members (excludes halogenated alkanes) is 2. The first-order valence-corrected chi connectivity index (χ1v) is 18.1. The summed E-state index contributed by atoms with van der Waals surface area (Å²) in [5, 5.41) is 39.7. The van der Waals surface area contributed by atoms with Crippen LogP contribution in [0.4, 0.5) is 0 Å². The summed E-state index contributed by atoms with van der Waals surface area (Å²) in [4.78, 5) is 77.8. The van der Waals surface area contributed by atoms with Gasteiger partial charge in [-0.1, -0.05) is 12.2 Å². The zero-order chi connectivity index (χ0) is 39.9. The summed E-state index contributed by atoms with van der Waals surface area (Å²) in [6.07, 6.45) is 6.07. The molecule has 1 aliphatic rings. The lowest BCUT2D eigenvalue weighted by molar-refractivity contribution is -0.144. The number of rotatable bonds is 26. The monoisotopic (exact) mass is 770 g/mol. The van der Waals surface area contributed by atoms with Crippen molar-refractivity contribution >= 4 is 60.1 Å². The van der Waals surface area contributed by atoms with Gasteiger partial charge in [0.05, 0.1) is 12.1 Å². The van der Waals surface area contributed by atoms with Gasteiger partial charge in [0.25, 0.3) is 0 Å². The second-order valence-electron chi connectivity index (χ2n) is 12.5. The van der Waals surface area contributed by atoms with Crippen molar-refractivity contribution in [1.82, 2.24) is 36.8 Å². The van der Waals surface area contributed by atoms with Gasteiger partial charge in [0.2, 0.25) is 29.5 Å². The predicted octanol–water partition coefficient (Wildman–Crippen LogP) is -4.57. The smallest absolute Gasteiger partial charge is 0.326 e. The number of carbonyl (C=O) groups excluding carboxylic acids is 5. The molecule has 5 amide bonds. The molecule has 53 heavy (non-hydrogen) atoms. The molecule has 21 nitrogen and oxygen atoms in total. The Morgan fingerprint density at radius 1 is 0.736 bits per heavy atom. The van der Waals surface area contributed by atoms with Crippen molar-refractivity contribution in [2.75, 3.05) is 38.5 Å². The van der Waals surface area contributed by atoms with E-state index in [0.29, 0.717) is 45.1 Å². The van der Waals surface area contributed by atoms with E-state index in [2.05, 4.69) is 44.5 Å². The van der Waals surface area contributed by atoms with E-state index in [4.69, 9.17) is 39.5 Å². The zero-order valence-electron chi connectivity index (χ0n) is 29.9. The van der Waals surface area contributed by atoms with Crippen LogP contribution in [-0.4, -0.2) is 132 Å². The van der Waals surface area contributed by atoms with Crippen molar-refractivity contribution in [3.8, 4) is 0 Å². The molecule has 0 aromatic carbocycles. The highest BCUT2D eigenvalue weighted by Crippen LogP contribution is 2.14. The molecule has 0 bridgehead atoms. The molecule has 0 unspecified atom stereocenters. The molecule has 0 saturated carbocycles. The van der Waals surface area contributed by atoms with E-state index < -0.39 is 71.8 Å². The number of hydrogen-bond donors (Lipinski definition) is 15. The Balaban J connectivity index is 2.67. The third-order valence-corrected chi connectivity index (χ3v) is 8.55. The molecule has 1 rings (SSSR count). The summed E-state index contributed by atoms with van der Waals surface area (Å²) >= 11 is 4.03. The van der Waals surface area contributed by atoms with Crippen molar-refractivity contribution in [1.29, 1.82) is 10.8 Å². The van der Waals surface area contributed by atoms with E-state index in [0.717, 1.165) is 0 Å². The summed E-state index contributed by atoms with van der Waals surface area (Å²) in [5.74, 6) is -4.41. The van der Waals surface area contributed by atoms with Crippen molar-refractivity contribution in [3.63, 3.8) is 0 Å². The van der Waals surface area contributed by atoms with Crippen LogP contribution in [0.3, 0.4) is 0 Å². The standard InChI is InChI=1S/C31H58N14O7S/c32-12-11-21(28(50)45-16-6-10-23(45)27(49)44-22(29(51)52)9-5-15-41-31(37)38)43-24(46)18(33)7-1-3-13-39-26(48)20(42-25(47)19(34)17-53)8-2-4-14-40-30(35)36/h6,10,18-23,53H,1-5,7-9,11-17,32-34H2,(H,39,48)(H,42,47)(H,43,46)(H,44,49)(H,51,52)(H4,35,36,40)(H4,37,38,41)/t18-,19-,20-,21-,22-,23-/m0/s1. The Morgan fingerprint density at radius 2 is 1.28 bits per heavy atom. The minimum Gasteiger partial charge on any atom is -0.480 e. The van der Waals surface area contributed by atoms with Crippen LogP contribution >= 0.6 is 12.6 Å². The molecule has 0 aromatic heterocycles. The Labute approximate surface area is 314 Å². The molecule has 1 heterocycles. The van der Waals surface area contributed by atoms with Gasteiger partial charge in [-0.05, 0) is 64.3 Å². The molecular weight excluding hydrogens is 712 g/mol. The van der Waals surface area contributed by atoms with Gasteiger partial charge in [0, 0.05) is 31.9 Å². The van der Waals surface area contributed by atoms with Crippen molar-refractivity contribution in [3.05, 3.63) is 12.2 Å². The third kappa shape index (κ3) is 18.1. The van der Waals surface area contributed by atoms with Gasteiger partial charge in [-0.3, -0.25) is 34.8 Å². The van der Waals surface area contributed by atoms with Crippen LogP contribution in [0.2, 0.25) is 0 Å². The molecule has 0 saturated heterocycles. The van der Waals surface area contributed by atoms with E-state index in [9.17, 15) is 33.9 Å². The number of carboxylic acids is 1. The van der Waals surface area contributed by atoms with Gasteiger partial charge in [-0.25, -0.2) is 4.79 Å². The lowest BCUT2D eigenvalue weighted by atomic mass is 10.1. The Bertz CT molecular complexity index is 1290. The highest BCUT2D eigenvalue weighted by Gasteiger charge is 2.36. The molecular formula is C31H58N14O7S. The second-order valence-corrected chi connectivity index (χ2v) is 12.8. The zero-order valence-corrected chi connectivity index (χ0v) is 30.8. The van der Waals surface area contributed by atoms with E-state index in [1.54, 1.807) is 6.08 Å². The lowest BCUT2D eigenvalue weighted by Gasteiger charge is -2.29. The average molecular weight is 771 g/mol. The van der Waals surface area contributed by atoms with Crippen molar-refractivity contribution in [2.24, 2.45) is 28.7 Å². The molecule has 0 radical (unpaired) electrons. The summed E-state index contributed by atoms with van der Waals surface area (Å²) in [7, 11) is 0. The highest BCUT2D eigenvalue weighted by atomic mass is 32.1. The number of nitrogens with zero attached hydrogens (tertiary/aromatic N) is 1. The number of thiol groups is 1. The Kier molecular flexibility index (Phi) is 22.2. The minimum absolute atomic E-state index is 0.0382. The molecule has 0 fully saturated rings. The normalized spacial score (nSPS) is 16.3. The van der Waals surface area contributed by atoms with Gasteiger partial charge in [0.15, 0.2) is 11.9 Å². The SMILES string of the molecule is N=C(N)NCCCC[C@H](NC(=O)[C@@H](N)CS)C(=O)NCCCC[C@H](N)C(=O)N[C@@H](CCN)C(=O)N1CC=C[C@H]1C(=O)N[C@@H](CCCNC(=N)N)C(=O)O. The molecule has 1 aliphatic heterocycles. The third-order valence-electron chi connectivity index (χ3n) is 8.16. The second kappa shape index (κ2) is 25.3. The van der Waals surface area contributed by atoms with E-state index in [-0.39, 0.29) is 63.1 Å². The fraction of sp³-hybridized carbons (Fsp3) is 0.677. The van der Waals surface area contributed by atoms with Crippen LogP contribution in [-0.2, 0) is 28.8 Å². The maximum absolute atomic E-state index is 13.5. The van der Waals surface area contributed by atoms with Crippen LogP contribution in [0.5, 0.6) is 0 Å². The van der Waals surface area contributed by atoms with Gasteiger partial charge >= 0.3 is 5.97 Å². The molecule has 6 atom stereocenters. The van der Waals surface area contributed by atoms with Gasteiger partial charge in [-0.2, -0.15) is 12.6 Å². The van der Waals surface area contributed by atoms with Gasteiger partial charge in [-0.15, -0.1) is 0 Å². The van der Waals surface area contributed by atoms with Crippen LogP contribution in [0.25, 0.3) is 0 Å². The fourth-order valence-electron chi connectivity index (χ4n) is 5.21. The van der Waals surface area contributed by atoms with Crippen molar-refractivity contribution < 1.29 is 33.9 Å². The van der Waals surface area contributed by atoms with Crippen LogP contribution in [0.1, 0.15) is 57.8 Å². The number of nitrogens with two attached hydrogens (primary N) is 5. The fourth-order valence-corrected chi connectivity index (χ4v) is 5.37. The van der Waals surface area contributed by atoms with E-state index >= 15 is 0 Å². The van der Waals surface area contributed by atoms with Crippen molar-refractivity contribution in [2.45, 2.75) is 94.0 Å². The van der Waals surface area contributed by atoms with Crippen LogP contribution in [0, 0.1) is 10.8 Å². The van der Waals surface area contributed by atoms with E-state index in [1.807, 2.05) is 0 Å². The number of carboxylic acid groups (broad SMARTS) is 1. The summed E-state index contributed by atoms with van der Waals surface area (Å²) < 4.78 is 0. The topological polar surface area (TPSA) is 376 Å². The quantitative estimate of drug-likeness (QED) is 0.0130. The molecule has 300 valence electrons. The molecule has 0 spiro atoms. The molecule has 0 aliphatic carbocycles. The minimum atomic E-state index is -1.26. The highest BCUT2D eigenvalue weighted by molar-refractivity contribution is 7.80. The maximum Gasteiger partial charge on any atom is 0.326 e. The lowest BCUT2D eigenvalue weighted by Crippen LogP contribution is -2.57. The first kappa shape index (κ1) is 46.4. The van der Waals surface area contributed by atoms with Gasteiger partial charge < -0.3 is 70.6 Å². The summed E-state index contributed by atoms with van der Waals surface area (Å²) in [5.41, 5.74) is 28.1. The Morgan fingerprint density at radius 3 is 1.87 bits per heavy atom. The predicted molar refractivity (Wildman–Crippen MR) is 201 cm³/mol. The number of amides is 5. The molecule has 22 heteroatoms. The first-order chi connectivity index (χ1) is 25.1. The summed E-state index contributed by atoms with van der Waals surface area (Å²) in [6, 6.07) is -6.18. The number of guanidine groups is 2. The number of aliphatic carboxylic acids is 1. The van der Waals surface area contributed by atoms with E-state index in [1.165, 1.54) is 11.0 Å².